The summed E-state index contributed by atoms with van der Waals surface area (Å²) in [6.07, 6.45) is -0.259. The van der Waals surface area contributed by atoms with Crippen LogP contribution in [-0.4, -0.2) is 24.9 Å². The molecule has 0 aromatic heterocycles. The quantitative estimate of drug-likeness (QED) is 0.834. The Kier molecular flexibility index (Phi) is 4.33. The van der Waals surface area contributed by atoms with E-state index in [2.05, 4.69) is 0 Å². The Bertz CT molecular complexity index is 316. The van der Waals surface area contributed by atoms with E-state index in [0.717, 1.165) is 11.3 Å². The number of hydrogen-bond acceptors (Lipinski definition) is 3. The Morgan fingerprint density at radius 2 is 1.88 bits per heavy atom. The van der Waals surface area contributed by atoms with E-state index in [1.165, 1.54) is 0 Å². The smallest absolute Gasteiger partial charge is 0.119 e. The highest BCUT2D eigenvalue weighted by Gasteiger charge is 2.30. The van der Waals surface area contributed by atoms with Gasteiger partial charge in [0.15, 0.2) is 0 Å². The van der Waals surface area contributed by atoms with Crippen molar-refractivity contribution in [2.45, 2.75) is 32.5 Å². The first kappa shape index (κ1) is 13.0. The summed E-state index contributed by atoms with van der Waals surface area (Å²) in [6.45, 7) is 6.18. The van der Waals surface area contributed by atoms with Gasteiger partial charge in [-0.05, 0) is 38.5 Å². The van der Waals surface area contributed by atoms with Crippen LogP contribution >= 0.6 is 0 Å². The fourth-order valence-corrected chi connectivity index (χ4v) is 1.52. The van der Waals surface area contributed by atoms with Crippen molar-refractivity contribution in [1.82, 2.24) is 0 Å². The van der Waals surface area contributed by atoms with Gasteiger partial charge in [-0.25, -0.2) is 0 Å². The molecule has 0 amide bonds. The molecule has 2 atom stereocenters. The summed E-state index contributed by atoms with van der Waals surface area (Å²) in [5.74, 6) is 0.812. The molecule has 0 saturated heterocycles. The minimum atomic E-state index is -0.987. The largest absolute Gasteiger partial charge is 0.494 e. The van der Waals surface area contributed by atoms with E-state index < -0.39 is 5.60 Å². The van der Waals surface area contributed by atoms with Gasteiger partial charge in [-0.15, -0.1) is 0 Å². The van der Waals surface area contributed by atoms with Gasteiger partial charge in [0.2, 0.25) is 0 Å². The molecule has 1 N–H and O–H groups in total. The lowest BCUT2D eigenvalue weighted by Gasteiger charge is -2.29. The molecule has 0 heterocycles. The Hall–Kier alpha value is -1.06. The predicted molar refractivity (Wildman–Crippen MR) is 63.7 cm³/mol. The van der Waals surface area contributed by atoms with Crippen LogP contribution in [0.4, 0.5) is 0 Å². The third-order valence-corrected chi connectivity index (χ3v) is 2.89. The van der Waals surface area contributed by atoms with Gasteiger partial charge in [0.1, 0.15) is 11.4 Å². The third-order valence-electron chi connectivity index (χ3n) is 2.89. The lowest BCUT2D eigenvalue weighted by molar-refractivity contribution is -0.0772. The molecule has 1 rings (SSSR count). The van der Waals surface area contributed by atoms with E-state index >= 15 is 0 Å². The topological polar surface area (TPSA) is 38.7 Å². The monoisotopic (exact) mass is 224 g/mol. The average Bonchev–Trinajstić information content (AvgIpc) is 2.29. The van der Waals surface area contributed by atoms with Crippen molar-refractivity contribution in [3.05, 3.63) is 29.8 Å². The molecule has 16 heavy (non-hydrogen) atoms. The maximum Gasteiger partial charge on any atom is 0.119 e. The first-order valence-electron chi connectivity index (χ1n) is 5.50. The first-order chi connectivity index (χ1) is 7.52. The van der Waals surface area contributed by atoms with Crippen LogP contribution < -0.4 is 4.74 Å². The molecule has 1 aromatic rings. The maximum atomic E-state index is 10.3. The second-order valence-electron chi connectivity index (χ2n) is 3.98. The molecule has 0 bridgehead atoms. The van der Waals surface area contributed by atoms with E-state index in [0.29, 0.717) is 6.61 Å². The van der Waals surface area contributed by atoms with Crippen molar-refractivity contribution in [2.24, 2.45) is 0 Å². The molecule has 3 heteroatoms. The lowest BCUT2D eigenvalue weighted by atomic mass is 9.91. The van der Waals surface area contributed by atoms with E-state index in [1.54, 1.807) is 14.0 Å². The Morgan fingerprint density at radius 1 is 1.31 bits per heavy atom. The summed E-state index contributed by atoms with van der Waals surface area (Å²) in [4.78, 5) is 0. The molecule has 90 valence electrons. The van der Waals surface area contributed by atoms with Crippen LogP contribution in [0.15, 0.2) is 24.3 Å². The van der Waals surface area contributed by atoms with Crippen LogP contribution in [0.5, 0.6) is 5.75 Å². The zero-order chi connectivity index (χ0) is 12.2. The zero-order valence-electron chi connectivity index (χ0n) is 10.4. The normalized spacial score (nSPS) is 16.6. The van der Waals surface area contributed by atoms with Crippen LogP contribution in [0.2, 0.25) is 0 Å². The summed E-state index contributed by atoms with van der Waals surface area (Å²) in [6, 6.07) is 7.44. The van der Waals surface area contributed by atoms with Gasteiger partial charge in [-0.3, -0.25) is 0 Å². The molecular weight excluding hydrogens is 204 g/mol. The maximum absolute atomic E-state index is 10.3. The highest BCUT2D eigenvalue weighted by molar-refractivity contribution is 5.31. The summed E-state index contributed by atoms with van der Waals surface area (Å²) < 4.78 is 10.5. The van der Waals surface area contributed by atoms with Gasteiger partial charge in [-0.1, -0.05) is 12.1 Å². The second-order valence-corrected chi connectivity index (χ2v) is 3.98. The van der Waals surface area contributed by atoms with Crippen molar-refractivity contribution >= 4 is 0 Å². The van der Waals surface area contributed by atoms with Gasteiger partial charge in [0.05, 0.1) is 12.7 Å². The van der Waals surface area contributed by atoms with Crippen LogP contribution in [-0.2, 0) is 10.3 Å². The number of hydrogen-bond donors (Lipinski definition) is 1. The van der Waals surface area contributed by atoms with Crippen LogP contribution in [0.25, 0.3) is 0 Å². The Morgan fingerprint density at radius 3 is 2.31 bits per heavy atom. The van der Waals surface area contributed by atoms with E-state index in [9.17, 15) is 5.11 Å². The highest BCUT2D eigenvalue weighted by Crippen LogP contribution is 2.27. The van der Waals surface area contributed by atoms with Crippen LogP contribution in [0, 0.1) is 0 Å². The number of benzene rings is 1. The van der Waals surface area contributed by atoms with Crippen molar-refractivity contribution in [2.75, 3.05) is 13.7 Å². The van der Waals surface area contributed by atoms with Crippen molar-refractivity contribution < 1.29 is 14.6 Å². The fourth-order valence-electron chi connectivity index (χ4n) is 1.52. The molecule has 1 aromatic carbocycles. The first-order valence-corrected chi connectivity index (χ1v) is 5.50. The van der Waals surface area contributed by atoms with Crippen molar-refractivity contribution in [3.8, 4) is 5.75 Å². The van der Waals surface area contributed by atoms with Crippen molar-refractivity contribution in [3.63, 3.8) is 0 Å². The van der Waals surface area contributed by atoms with E-state index in [1.807, 2.05) is 38.1 Å². The fraction of sp³-hybridized carbons (Fsp3) is 0.538. The molecule has 0 fully saturated rings. The molecule has 0 spiro atoms. The lowest BCUT2D eigenvalue weighted by Crippen LogP contribution is -2.35. The SMILES string of the molecule is CCOc1ccc(C(C)(O)C(C)OC)cc1. The number of aliphatic hydroxyl groups is 1. The minimum absolute atomic E-state index is 0.259. The molecule has 0 aliphatic carbocycles. The number of rotatable bonds is 5. The summed E-state index contributed by atoms with van der Waals surface area (Å²) in [7, 11) is 1.59. The Labute approximate surface area is 97.0 Å². The van der Waals surface area contributed by atoms with Gasteiger partial charge in [0, 0.05) is 7.11 Å². The number of ether oxygens (including phenoxy) is 2. The van der Waals surface area contributed by atoms with Crippen LogP contribution in [0.3, 0.4) is 0 Å². The Balaban J connectivity index is 2.88. The minimum Gasteiger partial charge on any atom is -0.494 e. The number of methoxy groups -OCH3 is 1. The predicted octanol–water partition coefficient (Wildman–Crippen LogP) is 2.33. The summed E-state index contributed by atoms with van der Waals surface area (Å²) in [5.41, 5.74) is -0.162. The molecular formula is C13H20O3. The molecule has 0 aliphatic heterocycles. The summed E-state index contributed by atoms with van der Waals surface area (Å²) in [5, 5.41) is 10.3. The molecule has 0 radical (unpaired) electrons. The molecule has 0 saturated carbocycles. The summed E-state index contributed by atoms with van der Waals surface area (Å²) >= 11 is 0. The average molecular weight is 224 g/mol. The zero-order valence-corrected chi connectivity index (χ0v) is 10.4. The van der Waals surface area contributed by atoms with Crippen molar-refractivity contribution in [1.29, 1.82) is 0 Å². The molecule has 0 aliphatic rings. The van der Waals surface area contributed by atoms with E-state index in [4.69, 9.17) is 9.47 Å². The molecule has 3 nitrogen and oxygen atoms in total. The molecule has 2 unspecified atom stereocenters. The van der Waals surface area contributed by atoms with Gasteiger partial charge in [-0.2, -0.15) is 0 Å². The van der Waals surface area contributed by atoms with Gasteiger partial charge in [0.25, 0.3) is 0 Å². The third kappa shape index (κ3) is 2.74. The van der Waals surface area contributed by atoms with Crippen LogP contribution in [0.1, 0.15) is 26.3 Å². The van der Waals surface area contributed by atoms with E-state index in [-0.39, 0.29) is 6.10 Å². The highest BCUT2D eigenvalue weighted by atomic mass is 16.5. The van der Waals surface area contributed by atoms with Gasteiger partial charge >= 0.3 is 0 Å². The standard InChI is InChI=1S/C13H20O3/c1-5-16-12-8-6-11(7-9-12)13(3,14)10(2)15-4/h6-10,14H,5H2,1-4H3. The van der Waals surface area contributed by atoms with Gasteiger partial charge < -0.3 is 14.6 Å². The second kappa shape index (κ2) is 5.32.